The van der Waals surface area contributed by atoms with Crippen molar-refractivity contribution in [3.63, 3.8) is 0 Å². The average Bonchev–Trinajstić information content (AvgIpc) is 3.29. The molecule has 1 unspecified atom stereocenters. The predicted octanol–water partition coefficient (Wildman–Crippen LogP) is 3.79. The van der Waals surface area contributed by atoms with Crippen LogP contribution in [-0.4, -0.2) is 54.8 Å². The van der Waals surface area contributed by atoms with Gasteiger partial charge in [0, 0.05) is 24.7 Å². The van der Waals surface area contributed by atoms with Crippen LogP contribution in [0.3, 0.4) is 0 Å². The van der Waals surface area contributed by atoms with Gasteiger partial charge in [0.1, 0.15) is 0 Å². The number of nitrogens with zero attached hydrogens (tertiary/aromatic N) is 2. The monoisotopic (exact) mass is 492 g/mol. The van der Waals surface area contributed by atoms with Gasteiger partial charge in [-0.05, 0) is 56.1 Å². The van der Waals surface area contributed by atoms with Crippen molar-refractivity contribution in [1.82, 2.24) is 15.4 Å². The second-order valence-electron chi connectivity index (χ2n) is 8.74. The Labute approximate surface area is 210 Å². The molecule has 1 saturated heterocycles. The first kappa shape index (κ1) is 25.2. The Balaban J connectivity index is 1.41. The van der Waals surface area contributed by atoms with Gasteiger partial charge >= 0.3 is 6.03 Å². The maximum atomic E-state index is 12.7. The van der Waals surface area contributed by atoms with Gasteiger partial charge in [-0.3, -0.25) is 15.0 Å². The fourth-order valence-electron chi connectivity index (χ4n) is 4.07. The van der Waals surface area contributed by atoms with Gasteiger partial charge in [-0.15, -0.1) is 0 Å². The Morgan fingerprint density at radius 3 is 2.53 bits per heavy atom. The lowest BCUT2D eigenvalue weighted by Crippen LogP contribution is -2.37. The molecular formula is C26H32N6O4. The number of para-hydroxylation sites is 2. The Kier molecular flexibility index (Phi) is 8.53. The Hall–Kier alpha value is -3.89. The van der Waals surface area contributed by atoms with E-state index in [9.17, 15) is 9.59 Å². The zero-order valence-corrected chi connectivity index (χ0v) is 20.3. The fraction of sp³-hybridized carbons (Fsp3) is 0.346. The van der Waals surface area contributed by atoms with Crippen molar-refractivity contribution in [2.75, 3.05) is 49.2 Å². The molecule has 0 saturated carbocycles. The molecule has 1 fully saturated rings. The van der Waals surface area contributed by atoms with Crippen molar-refractivity contribution in [2.45, 2.75) is 25.8 Å². The summed E-state index contributed by atoms with van der Waals surface area (Å²) in [5, 5.41) is 12.3. The van der Waals surface area contributed by atoms with E-state index >= 15 is 0 Å². The molecule has 10 heteroatoms. The molecule has 1 aliphatic rings. The second kappa shape index (κ2) is 12.2. The molecular weight excluding hydrogens is 460 g/mol. The molecule has 2 aromatic carbocycles. The Morgan fingerprint density at radius 1 is 1.08 bits per heavy atom. The minimum Gasteiger partial charge on any atom is -0.397 e. The number of amides is 3. The van der Waals surface area contributed by atoms with E-state index in [1.165, 1.54) is 0 Å². The zero-order chi connectivity index (χ0) is 25.3. The number of morpholine rings is 1. The molecule has 3 amide bonds. The summed E-state index contributed by atoms with van der Waals surface area (Å²) in [6, 6.07) is 15.3. The van der Waals surface area contributed by atoms with Gasteiger partial charge in [-0.1, -0.05) is 29.4 Å². The minimum atomic E-state index is -0.385. The number of nitrogens with two attached hydrogens (primary N) is 1. The highest BCUT2D eigenvalue weighted by Gasteiger charge is 2.18. The largest absolute Gasteiger partial charge is 0.397 e. The third kappa shape index (κ3) is 7.06. The third-order valence-corrected chi connectivity index (χ3v) is 6.03. The molecule has 36 heavy (non-hydrogen) atoms. The maximum Gasteiger partial charge on any atom is 0.322 e. The number of anilines is 3. The number of hydrogen-bond acceptors (Lipinski definition) is 7. The van der Waals surface area contributed by atoms with Gasteiger partial charge in [0.15, 0.2) is 0 Å². The van der Waals surface area contributed by atoms with Gasteiger partial charge < -0.3 is 25.6 Å². The number of nitrogen functional groups attached to an aromatic ring is 1. The average molecular weight is 493 g/mol. The topological polar surface area (TPSA) is 135 Å². The summed E-state index contributed by atoms with van der Waals surface area (Å²) in [5.74, 6) is 0.0268. The van der Waals surface area contributed by atoms with Crippen LogP contribution in [0.2, 0.25) is 0 Å². The number of carbonyl (C=O) groups is 2. The predicted molar refractivity (Wildman–Crippen MR) is 138 cm³/mol. The first-order valence-electron chi connectivity index (χ1n) is 12.0. The Bertz CT molecular complexity index is 1160. The summed E-state index contributed by atoms with van der Waals surface area (Å²) >= 11 is 0. The SMILES string of the molecule is Cc1cc(NC(=O)NC(CCCN2CCOCC2)c2ccc(C(=O)Nc3ccccc3N)cc2)on1. The van der Waals surface area contributed by atoms with E-state index in [-0.39, 0.29) is 23.9 Å². The van der Waals surface area contributed by atoms with Crippen molar-refractivity contribution in [2.24, 2.45) is 0 Å². The Morgan fingerprint density at radius 2 is 1.83 bits per heavy atom. The van der Waals surface area contributed by atoms with E-state index in [4.69, 9.17) is 15.0 Å². The highest BCUT2D eigenvalue weighted by Crippen LogP contribution is 2.22. The van der Waals surface area contributed by atoms with Crippen molar-refractivity contribution in [1.29, 1.82) is 0 Å². The van der Waals surface area contributed by atoms with Crippen LogP contribution in [-0.2, 0) is 4.74 Å². The van der Waals surface area contributed by atoms with Crippen LogP contribution in [0.15, 0.2) is 59.1 Å². The number of urea groups is 1. The number of nitrogens with one attached hydrogen (secondary N) is 3. The summed E-state index contributed by atoms with van der Waals surface area (Å²) < 4.78 is 10.5. The van der Waals surface area contributed by atoms with Crippen molar-refractivity contribution >= 4 is 29.2 Å². The first-order valence-corrected chi connectivity index (χ1v) is 12.0. The van der Waals surface area contributed by atoms with Gasteiger partial charge in [0.05, 0.1) is 36.3 Å². The molecule has 0 aliphatic carbocycles. The number of benzene rings is 2. The second-order valence-corrected chi connectivity index (χ2v) is 8.74. The van der Waals surface area contributed by atoms with Crippen molar-refractivity contribution in [3.05, 3.63) is 71.4 Å². The highest BCUT2D eigenvalue weighted by atomic mass is 16.5. The molecule has 4 rings (SSSR count). The summed E-state index contributed by atoms with van der Waals surface area (Å²) in [6.07, 6.45) is 1.62. The lowest BCUT2D eigenvalue weighted by Gasteiger charge is -2.27. The summed E-state index contributed by atoms with van der Waals surface area (Å²) in [6.45, 7) is 6.03. The molecule has 2 heterocycles. The van der Waals surface area contributed by atoms with E-state index in [2.05, 4.69) is 26.0 Å². The molecule has 0 spiro atoms. The number of carbonyl (C=O) groups excluding carboxylic acids is 2. The third-order valence-electron chi connectivity index (χ3n) is 6.03. The number of aryl methyl sites for hydroxylation is 1. The number of rotatable bonds is 9. The lowest BCUT2D eigenvalue weighted by molar-refractivity contribution is 0.0369. The van der Waals surface area contributed by atoms with Crippen LogP contribution in [0.1, 0.15) is 40.5 Å². The van der Waals surface area contributed by atoms with E-state index in [0.29, 0.717) is 22.6 Å². The van der Waals surface area contributed by atoms with E-state index in [0.717, 1.165) is 51.3 Å². The zero-order valence-electron chi connectivity index (χ0n) is 20.3. The molecule has 0 bridgehead atoms. The van der Waals surface area contributed by atoms with E-state index in [1.807, 2.05) is 24.3 Å². The van der Waals surface area contributed by atoms with Crippen LogP contribution < -0.4 is 21.7 Å². The lowest BCUT2D eigenvalue weighted by atomic mass is 10.00. The highest BCUT2D eigenvalue weighted by molar-refractivity contribution is 6.05. The molecule has 5 N–H and O–H groups in total. The van der Waals surface area contributed by atoms with E-state index in [1.54, 1.807) is 37.3 Å². The fourth-order valence-corrected chi connectivity index (χ4v) is 4.07. The van der Waals surface area contributed by atoms with Crippen molar-refractivity contribution in [3.8, 4) is 0 Å². The van der Waals surface area contributed by atoms with Gasteiger partial charge in [-0.25, -0.2) is 4.79 Å². The number of hydrogen-bond donors (Lipinski definition) is 4. The summed E-state index contributed by atoms with van der Waals surface area (Å²) in [4.78, 5) is 27.7. The van der Waals surface area contributed by atoms with Gasteiger partial charge in [0.2, 0.25) is 5.88 Å². The minimum absolute atomic E-state index is 0.253. The normalized spacial score (nSPS) is 14.7. The maximum absolute atomic E-state index is 12.7. The molecule has 3 aromatic rings. The molecule has 1 atom stereocenters. The smallest absolute Gasteiger partial charge is 0.322 e. The number of ether oxygens (including phenoxy) is 1. The first-order chi connectivity index (χ1) is 17.5. The molecule has 0 radical (unpaired) electrons. The van der Waals surface area contributed by atoms with Crippen molar-refractivity contribution < 1.29 is 18.8 Å². The van der Waals surface area contributed by atoms with Crippen LogP contribution in [0.25, 0.3) is 0 Å². The summed E-state index contributed by atoms with van der Waals surface area (Å²) in [7, 11) is 0. The van der Waals surface area contributed by atoms with Gasteiger partial charge in [-0.2, -0.15) is 0 Å². The molecule has 190 valence electrons. The van der Waals surface area contributed by atoms with E-state index < -0.39 is 0 Å². The van der Waals surface area contributed by atoms with Crippen LogP contribution in [0.5, 0.6) is 0 Å². The van der Waals surface area contributed by atoms with Crippen LogP contribution >= 0.6 is 0 Å². The van der Waals surface area contributed by atoms with Crippen LogP contribution in [0.4, 0.5) is 22.1 Å². The van der Waals surface area contributed by atoms with Crippen LogP contribution in [0, 0.1) is 6.92 Å². The summed E-state index contributed by atoms with van der Waals surface area (Å²) in [5.41, 5.74) is 9.07. The van der Waals surface area contributed by atoms with Gasteiger partial charge in [0.25, 0.3) is 5.91 Å². The standard InChI is InChI=1S/C26H32N6O4/c1-18-17-24(36-31-18)30-26(34)29-22(7-4-12-32-13-15-35-16-14-32)19-8-10-20(11-9-19)25(33)28-23-6-3-2-5-21(23)27/h2-3,5-6,8-11,17,22H,4,7,12-16,27H2,1H3,(H,28,33)(H2,29,30,34). The molecule has 1 aromatic heterocycles. The molecule has 10 nitrogen and oxygen atoms in total. The quantitative estimate of drug-likeness (QED) is 0.334. The number of aromatic nitrogens is 1. The molecule has 1 aliphatic heterocycles.